The normalized spacial score (nSPS) is 22.4. The van der Waals surface area contributed by atoms with Gasteiger partial charge in [-0.3, -0.25) is 9.35 Å². The zero-order valence-electron chi connectivity index (χ0n) is 8.23. The van der Waals surface area contributed by atoms with Crippen LogP contribution in [0.5, 0.6) is 0 Å². The fourth-order valence-corrected chi connectivity index (χ4v) is 2.54. The maximum Gasteiger partial charge on any atom is 0.264 e. The Morgan fingerprint density at radius 2 is 2.20 bits per heavy atom. The van der Waals surface area contributed by atoms with E-state index in [0.717, 1.165) is 5.33 Å². The molecule has 5 nitrogen and oxygen atoms in total. The summed E-state index contributed by atoms with van der Waals surface area (Å²) in [5.74, 6) is 0.105. The first kappa shape index (κ1) is 12.9. The SMILES string of the molecule is O=C1CC(CBr)CN1CCCS(=O)(=O)O. The monoisotopic (exact) mass is 299 g/mol. The Hall–Kier alpha value is -0.140. The van der Waals surface area contributed by atoms with Crippen LogP contribution in [0.1, 0.15) is 12.8 Å². The fourth-order valence-electron chi connectivity index (χ4n) is 1.61. The van der Waals surface area contributed by atoms with Crippen LogP contribution >= 0.6 is 15.9 Å². The second-order valence-electron chi connectivity index (χ2n) is 3.70. The van der Waals surface area contributed by atoms with E-state index in [1.807, 2.05) is 0 Å². The van der Waals surface area contributed by atoms with Crippen molar-refractivity contribution in [2.75, 3.05) is 24.2 Å². The summed E-state index contributed by atoms with van der Waals surface area (Å²) < 4.78 is 29.4. The van der Waals surface area contributed by atoms with Gasteiger partial charge in [-0.05, 0) is 12.3 Å². The van der Waals surface area contributed by atoms with E-state index >= 15 is 0 Å². The average molecular weight is 300 g/mol. The predicted molar refractivity (Wildman–Crippen MR) is 59.5 cm³/mol. The number of nitrogens with zero attached hydrogens (tertiary/aromatic N) is 1. The van der Waals surface area contributed by atoms with Crippen molar-refractivity contribution in [3.8, 4) is 0 Å². The van der Waals surface area contributed by atoms with E-state index < -0.39 is 10.1 Å². The lowest BCUT2D eigenvalue weighted by Gasteiger charge is -2.15. The summed E-state index contributed by atoms with van der Waals surface area (Å²) in [6.45, 7) is 1.08. The summed E-state index contributed by atoms with van der Waals surface area (Å²) in [4.78, 5) is 13.0. The first-order valence-corrected chi connectivity index (χ1v) is 7.44. The summed E-state index contributed by atoms with van der Waals surface area (Å²) >= 11 is 3.32. The van der Waals surface area contributed by atoms with Crippen LogP contribution in [0.25, 0.3) is 0 Å². The van der Waals surface area contributed by atoms with E-state index in [1.54, 1.807) is 4.90 Å². The highest BCUT2D eigenvalue weighted by atomic mass is 79.9. The Kier molecular flexibility index (Phi) is 4.54. The number of hydrogen-bond donors (Lipinski definition) is 1. The van der Waals surface area contributed by atoms with Crippen LogP contribution in [-0.4, -0.2) is 48.0 Å². The Morgan fingerprint density at radius 1 is 1.53 bits per heavy atom. The molecule has 0 radical (unpaired) electrons. The van der Waals surface area contributed by atoms with Crippen molar-refractivity contribution in [2.45, 2.75) is 12.8 Å². The third-order valence-electron chi connectivity index (χ3n) is 2.34. The molecule has 0 aromatic rings. The molecule has 88 valence electrons. The van der Waals surface area contributed by atoms with Crippen molar-refractivity contribution in [1.29, 1.82) is 0 Å². The molecule has 1 saturated heterocycles. The van der Waals surface area contributed by atoms with Gasteiger partial charge in [0.15, 0.2) is 0 Å². The van der Waals surface area contributed by atoms with Crippen molar-refractivity contribution in [2.24, 2.45) is 5.92 Å². The lowest BCUT2D eigenvalue weighted by Crippen LogP contribution is -2.27. The van der Waals surface area contributed by atoms with Crippen LogP contribution in [-0.2, 0) is 14.9 Å². The van der Waals surface area contributed by atoms with Crippen molar-refractivity contribution in [1.82, 2.24) is 4.90 Å². The van der Waals surface area contributed by atoms with E-state index in [9.17, 15) is 13.2 Å². The number of alkyl halides is 1. The number of likely N-dealkylation sites (tertiary alicyclic amines) is 1. The molecule has 1 rings (SSSR count). The highest BCUT2D eigenvalue weighted by Gasteiger charge is 2.28. The molecule has 0 spiro atoms. The predicted octanol–water partition coefficient (Wildman–Crippen LogP) is 0.508. The highest BCUT2D eigenvalue weighted by molar-refractivity contribution is 9.09. The van der Waals surface area contributed by atoms with Gasteiger partial charge in [-0.25, -0.2) is 0 Å². The zero-order valence-corrected chi connectivity index (χ0v) is 10.6. The summed E-state index contributed by atoms with van der Waals surface area (Å²) in [6, 6.07) is 0. The highest BCUT2D eigenvalue weighted by Crippen LogP contribution is 2.19. The molecule has 1 atom stereocenters. The maximum atomic E-state index is 11.4. The van der Waals surface area contributed by atoms with Gasteiger partial charge in [-0.1, -0.05) is 15.9 Å². The molecule has 1 amide bonds. The number of halogens is 1. The molecule has 1 unspecified atom stereocenters. The first-order chi connectivity index (χ1) is 6.92. The Morgan fingerprint density at radius 3 is 2.67 bits per heavy atom. The molecular formula is C8H14BrNO4S. The van der Waals surface area contributed by atoms with Crippen molar-refractivity contribution in [3.63, 3.8) is 0 Å². The lowest BCUT2D eigenvalue weighted by molar-refractivity contribution is -0.127. The van der Waals surface area contributed by atoms with Crippen LogP contribution in [0.15, 0.2) is 0 Å². The molecule has 0 aliphatic carbocycles. The van der Waals surface area contributed by atoms with Gasteiger partial charge in [0.05, 0.1) is 5.75 Å². The van der Waals surface area contributed by atoms with E-state index in [-0.39, 0.29) is 11.7 Å². The first-order valence-electron chi connectivity index (χ1n) is 4.71. The molecule has 1 aliphatic rings. The average Bonchev–Trinajstić information content (AvgIpc) is 2.45. The molecule has 1 N–H and O–H groups in total. The zero-order chi connectivity index (χ0) is 11.5. The van der Waals surface area contributed by atoms with E-state index in [1.165, 1.54) is 0 Å². The maximum absolute atomic E-state index is 11.4. The van der Waals surface area contributed by atoms with Crippen molar-refractivity contribution < 1.29 is 17.8 Å². The van der Waals surface area contributed by atoms with Gasteiger partial charge >= 0.3 is 0 Å². The van der Waals surface area contributed by atoms with Gasteiger partial charge in [0.25, 0.3) is 10.1 Å². The second-order valence-corrected chi connectivity index (χ2v) is 5.92. The molecule has 0 aromatic heterocycles. The number of carbonyl (C=O) groups is 1. The summed E-state index contributed by atoms with van der Waals surface area (Å²) in [6.07, 6.45) is 0.816. The van der Waals surface area contributed by atoms with Gasteiger partial charge in [0.1, 0.15) is 0 Å². The quantitative estimate of drug-likeness (QED) is 0.593. The third-order valence-corrected chi connectivity index (χ3v) is 4.06. The van der Waals surface area contributed by atoms with Crippen molar-refractivity contribution in [3.05, 3.63) is 0 Å². The standard InChI is InChI=1S/C8H14BrNO4S/c9-5-7-4-8(11)10(6-7)2-1-3-15(12,13)14/h7H,1-6H2,(H,12,13,14). The van der Waals surface area contributed by atoms with Gasteiger partial charge in [-0.15, -0.1) is 0 Å². The molecule has 15 heavy (non-hydrogen) atoms. The molecule has 0 bridgehead atoms. The Balaban J connectivity index is 2.31. The third kappa shape index (κ3) is 4.48. The van der Waals surface area contributed by atoms with E-state index in [0.29, 0.717) is 31.8 Å². The summed E-state index contributed by atoms with van der Waals surface area (Å²) in [7, 11) is -3.90. The number of carbonyl (C=O) groups excluding carboxylic acids is 1. The van der Waals surface area contributed by atoms with Gasteiger partial charge in [0.2, 0.25) is 5.91 Å². The Bertz CT molecular complexity index is 330. The number of amides is 1. The summed E-state index contributed by atoms with van der Waals surface area (Å²) in [5.41, 5.74) is 0. The molecule has 0 saturated carbocycles. The van der Waals surface area contributed by atoms with E-state index in [4.69, 9.17) is 4.55 Å². The van der Waals surface area contributed by atoms with Crippen LogP contribution in [0.4, 0.5) is 0 Å². The largest absolute Gasteiger partial charge is 0.342 e. The Labute approximate surface area is 97.7 Å². The smallest absolute Gasteiger partial charge is 0.264 e. The minimum absolute atomic E-state index is 0.0646. The topological polar surface area (TPSA) is 74.7 Å². The second kappa shape index (κ2) is 5.27. The minimum Gasteiger partial charge on any atom is -0.342 e. The number of hydrogen-bond acceptors (Lipinski definition) is 3. The van der Waals surface area contributed by atoms with E-state index in [2.05, 4.69) is 15.9 Å². The number of rotatable bonds is 5. The van der Waals surface area contributed by atoms with Gasteiger partial charge in [0, 0.05) is 24.8 Å². The lowest BCUT2D eigenvalue weighted by atomic mass is 10.2. The van der Waals surface area contributed by atoms with Crippen LogP contribution in [0, 0.1) is 5.92 Å². The van der Waals surface area contributed by atoms with Gasteiger partial charge in [-0.2, -0.15) is 8.42 Å². The summed E-state index contributed by atoms with van der Waals surface area (Å²) in [5, 5.41) is 0.785. The molecular weight excluding hydrogens is 286 g/mol. The molecule has 1 heterocycles. The fraction of sp³-hybridized carbons (Fsp3) is 0.875. The van der Waals surface area contributed by atoms with Crippen LogP contribution in [0.3, 0.4) is 0 Å². The molecule has 0 aromatic carbocycles. The van der Waals surface area contributed by atoms with Crippen LogP contribution in [0.2, 0.25) is 0 Å². The molecule has 1 aliphatic heterocycles. The van der Waals surface area contributed by atoms with Crippen molar-refractivity contribution >= 4 is 32.0 Å². The molecule has 1 fully saturated rings. The van der Waals surface area contributed by atoms with Crippen LogP contribution < -0.4 is 0 Å². The van der Waals surface area contributed by atoms with Gasteiger partial charge < -0.3 is 4.90 Å². The molecule has 7 heteroatoms. The minimum atomic E-state index is -3.90.